The lowest BCUT2D eigenvalue weighted by atomic mass is 10.1. The van der Waals surface area contributed by atoms with Crippen molar-refractivity contribution in [3.63, 3.8) is 0 Å². The normalized spacial score (nSPS) is 12.6. The van der Waals surface area contributed by atoms with E-state index in [1.807, 2.05) is 0 Å². The molecule has 0 aliphatic carbocycles. The molecule has 4 N–H and O–H groups in total. The average Bonchev–Trinajstić information content (AvgIpc) is 2.21. The Kier molecular flexibility index (Phi) is 3.73. The maximum atomic E-state index is 13.5. The Labute approximate surface area is 91.0 Å². The van der Waals surface area contributed by atoms with Crippen LogP contribution < -0.4 is 10.5 Å². The van der Waals surface area contributed by atoms with Crippen LogP contribution in [0.25, 0.3) is 0 Å². The molecular weight excluding hydrogens is 225 g/mol. The van der Waals surface area contributed by atoms with Crippen LogP contribution in [-0.2, 0) is 0 Å². The summed E-state index contributed by atoms with van der Waals surface area (Å²) in [6.07, 6.45) is 0. The van der Waals surface area contributed by atoms with Gasteiger partial charge in [0.2, 0.25) is 0 Å². The summed E-state index contributed by atoms with van der Waals surface area (Å²) < 4.78 is 18.3. The van der Waals surface area contributed by atoms with E-state index in [0.29, 0.717) is 0 Å². The number of rotatable bonds is 3. The fourth-order valence-corrected chi connectivity index (χ4v) is 1.53. The van der Waals surface area contributed by atoms with Gasteiger partial charge in [-0.15, -0.1) is 0 Å². The molecule has 0 fully saturated rings. The van der Waals surface area contributed by atoms with Gasteiger partial charge in [0.15, 0.2) is 11.6 Å². The first-order chi connectivity index (χ1) is 7.02. The maximum absolute atomic E-state index is 13.5. The SMILES string of the molecule is COc1c(Cl)cc(O)c(F)c1C(N)CO. The first kappa shape index (κ1) is 12.0. The standard InChI is InChI=1S/C9H11ClFNO3/c1-15-9-4(10)2-6(14)8(11)7(9)5(12)3-13/h2,5,13-14H,3,12H2,1H3. The third-order valence-corrected chi connectivity index (χ3v) is 2.24. The summed E-state index contributed by atoms with van der Waals surface area (Å²) in [4.78, 5) is 0. The van der Waals surface area contributed by atoms with Crippen molar-refractivity contribution in [3.05, 3.63) is 22.5 Å². The second kappa shape index (κ2) is 4.65. The number of phenolic OH excluding ortho intramolecular Hbond substituents is 1. The molecule has 0 radical (unpaired) electrons. The molecule has 6 heteroatoms. The predicted molar refractivity (Wildman–Crippen MR) is 53.6 cm³/mol. The molecule has 1 atom stereocenters. The Morgan fingerprint density at radius 1 is 1.67 bits per heavy atom. The molecule has 1 aromatic carbocycles. The van der Waals surface area contributed by atoms with E-state index in [-0.39, 0.29) is 16.3 Å². The lowest BCUT2D eigenvalue weighted by Gasteiger charge is -2.16. The zero-order chi connectivity index (χ0) is 11.6. The van der Waals surface area contributed by atoms with E-state index in [9.17, 15) is 9.50 Å². The highest BCUT2D eigenvalue weighted by atomic mass is 35.5. The quantitative estimate of drug-likeness (QED) is 0.736. The van der Waals surface area contributed by atoms with E-state index < -0.39 is 24.2 Å². The molecule has 1 unspecified atom stereocenters. The van der Waals surface area contributed by atoms with Crippen LogP contribution in [0.4, 0.5) is 4.39 Å². The fourth-order valence-electron chi connectivity index (χ4n) is 1.25. The summed E-state index contributed by atoms with van der Waals surface area (Å²) >= 11 is 5.72. The van der Waals surface area contributed by atoms with Crippen LogP contribution in [0.3, 0.4) is 0 Å². The molecule has 1 rings (SSSR count). The highest BCUT2D eigenvalue weighted by Crippen LogP contribution is 2.38. The van der Waals surface area contributed by atoms with Crippen molar-refractivity contribution in [2.75, 3.05) is 13.7 Å². The van der Waals surface area contributed by atoms with Gasteiger partial charge in [0.25, 0.3) is 0 Å². The Bertz CT molecular complexity index is 373. The largest absolute Gasteiger partial charge is 0.505 e. The summed E-state index contributed by atoms with van der Waals surface area (Å²) in [5, 5.41) is 18.1. The summed E-state index contributed by atoms with van der Waals surface area (Å²) in [6, 6.07) is 0.0214. The van der Waals surface area contributed by atoms with Gasteiger partial charge >= 0.3 is 0 Å². The number of ether oxygens (including phenoxy) is 1. The van der Waals surface area contributed by atoms with Crippen LogP contribution in [0.2, 0.25) is 5.02 Å². The number of benzene rings is 1. The molecule has 0 aliphatic rings. The third-order valence-electron chi connectivity index (χ3n) is 1.96. The van der Waals surface area contributed by atoms with E-state index in [1.54, 1.807) is 0 Å². The Morgan fingerprint density at radius 3 is 2.73 bits per heavy atom. The van der Waals surface area contributed by atoms with Gasteiger partial charge in [0.05, 0.1) is 30.3 Å². The van der Waals surface area contributed by atoms with Gasteiger partial charge in [0.1, 0.15) is 5.75 Å². The molecule has 0 aromatic heterocycles. The number of phenols is 1. The molecule has 0 spiro atoms. The number of hydrogen-bond acceptors (Lipinski definition) is 4. The van der Waals surface area contributed by atoms with Crippen LogP contribution in [0.1, 0.15) is 11.6 Å². The molecule has 0 aliphatic heterocycles. The number of aliphatic hydroxyl groups is 1. The minimum atomic E-state index is -0.996. The van der Waals surface area contributed by atoms with Crippen LogP contribution >= 0.6 is 11.6 Å². The van der Waals surface area contributed by atoms with Gasteiger partial charge in [-0.3, -0.25) is 0 Å². The second-order valence-electron chi connectivity index (χ2n) is 2.93. The minimum Gasteiger partial charge on any atom is -0.505 e. The predicted octanol–water partition coefficient (Wildman–Crippen LogP) is 1.19. The van der Waals surface area contributed by atoms with Gasteiger partial charge in [0, 0.05) is 6.07 Å². The summed E-state index contributed by atoms with van der Waals surface area (Å²) in [5.41, 5.74) is 5.34. The number of hydrogen-bond donors (Lipinski definition) is 3. The molecule has 0 saturated heterocycles. The molecule has 0 saturated carbocycles. The Morgan fingerprint density at radius 2 is 2.27 bits per heavy atom. The number of halogens is 2. The molecule has 4 nitrogen and oxygen atoms in total. The third kappa shape index (κ3) is 2.14. The van der Waals surface area contributed by atoms with Gasteiger partial charge in [-0.1, -0.05) is 11.6 Å². The Balaban J connectivity index is 3.43. The van der Waals surface area contributed by atoms with E-state index in [2.05, 4.69) is 0 Å². The lowest BCUT2D eigenvalue weighted by Crippen LogP contribution is -2.17. The summed E-state index contributed by atoms with van der Waals surface area (Å²) in [7, 11) is 1.30. The topological polar surface area (TPSA) is 75.7 Å². The average molecular weight is 236 g/mol. The van der Waals surface area contributed by atoms with Crippen molar-refractivity contribution in [1.82, 2.24) is 0 Å². The molecule has 15 heavy (non-hydrogen) atoms. The number of nitrogens with two attached hydrogens (primary N) is 1. The molecular formula is C9H11ClFNO3. The van der Waals surface area contributed by atoms with Crippen LogP contribution in [-0.4, -0.2) is 23.9 Å². The van der Waals surface area contributed by atoms with Gasteiger partial charge < -0.3 is 20.7 Å². The van der Waals surface area contributed by atoms with Crippen molar-refractivity contribution < 1.29 is 19.3 Å². The van der Waals surface area contributed by atoms with Crippen molar-refractivity contribution in [3.8, 4) is 11.5 Å². The van der Waals surface area contributed by atoms with Gasteiger partial charge in [-0.2, -0.15) is 0 Å². The van der Waals surface area contributed by atoms with E-state index in [1.165, 1.54) is 7.11 Å². The Hall–Kier alpha value is -1.04. The first-order valence-electron chi connectivity index (χ1n) is 4.14. The van der Waals surface area contributed by atoms with E-state index in [4.69, 9.17) is 27.2 Å². The smallest absolute Gasteiger partial charge is 0.173 e. The first-order valence-corrected chi connectivity index (χ1v) is 4.52. The lowest BCUT2D eigenvalue weighted by molar-refractivity contribution is 0.260. The molecule has 84 valence electrons. The summed E-state index contributed by atoms with van der Waals surface area (Å²) in [5.74, 6) is -1.54. The van der Waals surface area contributed by atoms with E-state index in [0.717, 1.165) is 6.07 Å². The van der Waals surface area contributed by atoms with Crippen molar-refractivity contribution >= 4 is 11.6 Å². The van der Waals surface area contributed by atoms with Crippen LogP contribution in [0.15, 0.2) is 6.07 Å². The zero-order valence-electron chi connectivity index (χ0n) is 8.00. The van der Waals surface area contributed by atoms with Gasteiger partial charge in [-0.05, 0) is 0 Å². The number of aromatic hydroxyl groups is 1. The molecule has 1 aromatic rings. The zero-order valence-corrected chi connectivity index (χ0v) is 8.75. The second-order valence-corrected chi connectivity index (χ2v) is 3.33. The van der Waals surface area contributed by atoms with Crippen molar-refractivity contribution in [1.29, 1.82) is 0 Å². The molecule has 0 bridgehead atoms. The van der Waals surface area contributed by atoms with Crippen molar-refractivity contribution in [2.24, 2.45) is 5.73 Å². The fraction of sp³-hybridized carbons (Fsp3) is 0.333. The van der Waals surface area contributed by atoms with Crippen LogP contribution in [0.5, 0.6) is 11.5 Å². The minimum absolute atomic E-state index is 0.0218. The van der Waals surface area contributed by atoms with Gasteiger partial charge in [-0.25, -0.2) is 4.39 Å². The molecule has 0 heterocycles. The van der Waals surface area contributed by atoms with Crippen molar-refractivity contribution in [2.45, 2.75) is 6.04 Å². The van der Waals surface area contributed by atoms with E-state index >= 15 is 0 Å². The highest BCUT2D eigenvalue weighted by molar-refractivity contribution is 6.32. The van der Waals surface area contributed by atoms with Crippen LogP contribution in [0, 0.1) is 5.82 Å². The number of methoxy groups -OCH3 is 1. The summed E-state index contributed by atoms with van der Waals surface area (Å²) in [6.45, 7) is -0.479. The maximum Gasteiger partial charge on any atom is 0.173 e. The monoisotopic (exact) mass is 235 g/mol. The number of aliphatic hydroxyl groups excluding tert-OH is 1. The highest BCUT2D eigenvalue weighted by Gasteiger charge is 2.22. The molecule has 0 amide bonds.